The number of anilines is 1. The number of pyridine rings is 1. The number of carbonyl (C=O) groups is 1. The Morgan fingerprint density at radius 2 is 2.26 bits per heavy atom. The lowest BCUT2D eigenvalue weighted by Crippen LogP contribution is -2.12. The number of allylic oxidation sites excluding steroid dienone is 1. The Morgan fingerprint density at radius 3 is 2.89 bits per heavy atom. The molecule has 1 aromatic heterocycles. The van der Waals surface area contributed by atoms with E-state index in [1.165, 1.54) is 6.20 Å². The van der Waals surface area contributed by atoms with E-state index in [2.05, 4.69) is 10.3 Å². The first-order valence-electron chi connectivity index (χ1n) is 6.09. The molecule has 1 N–H and O–H groups in total. The molecule has 0 radical (unpaired) electrons. The van der Waals surface area contributed by atoms with E-state index >= 15 is 0 Å². The van der Waals surface area contributed by atoms with Crippen LogP contribution >= 0.6 is 0 Å². The zero-order valence-electron chi connectivity index (χ0n) is 10.8. The number of nitrogens with one attached hydrogen (secondary N) is 1. The summed E-state index contributed by atoms with van der Waals surface area (Å²) >= 11 is 0. The second kappa shape index (κ2) is 5.50. The van der Waals surface area contributed by atoms with E-state index in [0.717, 1.165) is 5.57 Å². The van der Waals surface area contributed by atoms with Crippen LogP contribution < -0.4 is 5.32 Å². The van der Waals surface area contributed by atoms with Crippen molar-refractivity contribution in [2.75, 3.05) is 11.9 Å². The van der Waals surface area contributed by atoms with Crippen LogP contribution in [0, 0.1) is 0 Å². The molecule has 1 aliphatic rings. The maximum absolute atomic E-state index is 11.6. The number of hydrogen-bond donors (Lipinski definition) is 1. The van der Waals surface area contributed by atoms with Gasteiger partial charge in [-0.1, -0.05) is 6.92 Å². The molecule has 5 heteroatoms. The van der Waals surface area contributed by atoms with Gasteiger partial charge < -0.3 is 10.1 Å². The van der Waals surface area contributed by atoms with Crippen LogP contribution in [0.2, 0.25) is 0 Å². The van der Waals surface area contributed by atoms with Gasteiger partial charge >= 0.3 is 5.97 Å². The van der Waals surface area contributed by atoms with Gasteiger partial charge in [-0.15, -0.1) is 0 Å². The molecule has 0 bridgehead atoms. The fourth-order valence-electron chi connectivity index (χ4n) is 1.84. The Kier molecular flexibility index (Phi) is 3.78. The monoisotopic (exact) mass is 258 g/mol. The molecule has 0 atom stereocenters. The van der Waals surface area contributed by atoms with Crippen molar-refractivity contribution in [2.45, 2.75) is 20.3 Å². The molecule has 98 valence electrons. The number of esters is 1. The van der Waals surface area contributed by atoms with Gasteiger partial charge in [-0.2, -0.15) is 0 Å². The van der Waals surface area contributed by atoms with Crippen LogP contribution in [0.5, 0.6) is 0 Å². The summed E-state index contributed by atoms with van der Waals surface area (Å²) in [6.07, 6.45) is 4.00. The molecule has 19 heavy (non-hydrogen) atoms. The van der Waals surface area contributed by atoms with Crippen molar-refractivity contribution in [2.24, 2.45) is 0 Å². The first-order valence-corrected chi connectivity index (χ1v) is 6.09. The van der Waals surface area contributed by atoms with Crippen LogP contribution in [-0.2, 0) is 9.53 Å². The van der Waals surface area contributed by atoms with Gasteiger partial charge in [-0.05, 0) is 31.1 Å². The molecule has 0 aromatic carbocycles. The summed E-state index contributed by atoms with van der Waals surface area (Å²) in [5.41, 5.74) is 2.90. The molecule has 0 spiro atoms. The van der Waals surface area contributed by atoms with Crippen molar-refractivity contribution in [3.8, 4) is 0 Å². The summed E-state index contributed by atoms with van der Waals surface area (Å²) in [7, 11) is 0. The predicted molar refractivity (Wildman–Crippen MR) is 71.3 cm³/mol. The summed E-state index contributed by atoms with van der Waals surface area (Å²) in [4.78, 5) is 26.7. The van der Waals surface area contributed by atoms with Crippen LogP contribution in [0.1, 0.15) is 36.3 Å². The van der Waals surface area contributed by atoms with Crippen molar-refractivity contribution < 1.29 is 14.3 Å². The third-order valence-electron chi connectivity index (χ3n) is 2.80. The molecule has 5 nitrogen and oxygen atoms in total. The van der Waals surface area contributed by atoms with Gasteiger partial charge in [0.2, 0.25) is 0 Å². The average Bonchev–Trinajstić information content (AvgIpc) is 2.45. The molecule has 2 rings (SSSR count). The van der Waals surface area contributed by atoms with E-state index in [4.69, 9.17) is 4.74 Å². The van der Waals surface area contributed by atoms with Crippen LogP contribution in [0.4, 0.5) is 5.69 Å². The number of fused-ring (bicyclic) bond motifs is 1. The standard InChI is InChI=1S/C14H14N2O3/c1-3-9-5-11-12(16-13(9)8-17)6-10(7-15-11)14(18)19-4-2/h5-7,16H,3-4H2,1-2H3. The van der Waals surface area contributed by atoms with Gasteiger partial charge in [-0.3, -0.25) is 4.98 Å². The summed E-state index contributed by atoms with van der Waals surface area (Å²) in [6, 6.07) is 1.63. The third kappa shape index (κ3) is 2.56. The number of aromatic nitrogens is 1. The Hall–Kier alpha value is -2.39. The van der Waals surface area contributed by atoms with Gasteiger partial charge in [0.25, 0.3) is 0 Å². The van der Waals surface area contributed by atoms with Crippen molar-refractivity contribution in [1.82, 2.24) is 4.98 Å². The highest BCUT2D eigenvalue weighted by Gasteiger charge is 2.18. The highest BCUT2D eigenvalue weighted by molar-refractivity contribution is 5.92. The number of hydrogen-bond acceptors (Lipinski definition) is 5. The van der Waals surface area contributed by atoms with Crippen molar-refractivity contribution in [3.05, 3.63) is 34.8 Å². The smallest absolute Gasteiger partial charge is 0.339 e. The van der Waals surface area contributed by atoms with E-state index in [-0.39, 0.29) is 0 Å². The lowest BCUT2D eigenvalue weighted by molar-refractivity contribution is 0.0526. The molecular formula is C14H14N2O3. The van der Waals surface area contributed by atoms with Gasteiger partial charge in [0.05, 0.1) is 23.6 Å². The van der Waals surface area contributed by atoms with Gasteiger partial charge in [-0.25, -0.2) is 9.59 Å². The summed E-state index contributed by atoms with van der Waals surface area (Å²) < 4.78 is 4.91. The topological polar surface area (TPSA) is 68.3 Å². The number of nitrogens with zero attached hydrogens (tertiary/aromatic N) is 1. The molecule has 0 saturated heterocycles. The first kappa shape index (κ1) is 13.1. The van der Waals surface area contributed by atoms with E-state index < -0.39 is 5.97 Å². The highest BCUT2D eigenvalue weighted by atomic mass is 16.5. The zero-order valence-corrected chi connectivity index (χ0v) is 10.8. The fraction of sp³-hybridized carbons (Fsp3) is 0.286. The molecule has 0 saturated carbocycles. The van der Waals surface area contributed by atoms with Gasteiger partial charge in [0.15, 0.2) is 5.94 Å². The second-order valence-electron chi connectivity index (χ2n) is 4.00. The molecular weight excluding hydrogens is 244 g/mol. The lowest BCUT2D eigenvalue weighted by atomic mass is 10.0. The van der Waals surface area contributed by atoms with Gasteiger partial charge in [0, 0.05) is 6.20 Å². The van der Waals surface area contributed by atoms with E-state index in [0.29, 0.717) is 35.7 Å². The van der Waals surface area contributed by atoms with E-state index in [1.54, 1.807) is 13.0 Å². The molecule has 1 aliphatic heterocycles. The highest BCUT2D eigenvalue weighted by Crippen LogP contribution is 2.28. The third-order valence-corrected chi connectivity index (χ3v) is 2.80. The minimum absolute atomic E-state index is 0.308. The average molecular weight is 258 g/mol. The Bertz CT molecular complexity index is 599. The quantitative estimate of drug-likeness (QED) is 0.665. The fourth-order valence-corrected chi connectivity index (χ4v) is 1.84. The maximum atomic E-state index is 11.6. The Morgan fingerprint density at radius 1 is 1.47 bits per heavy atom. The largest absolute Gasteiger partial charge is 0.462 e. The number of carbonyl (C=O) groups excluding carboxylic acids is 2. The summed E-state index contributed by atoms with van der Waals surface area (Å²) in [5, 5.41) is 2.94. The van der Waals surface area contributed by atoms with Crippen molar-refractivity contribution in [1.29, 1.82) is 0 Å². The van der Waals surface area contributed by atoms with Crippen LogP contribution in [0.3, 0.4) is 0 Å². The summed E-state index contributed by atoms with van der Waals surface area (Å²) in [5.74, 6) is 1.43. The first-order chi connectivity index (χ1) is 9.19. The van der Waals surface area contributed by atoms with Crippen molar-refractivity contribution in [3.63, 3.8) is 0 Å². The van der Waals surface area contributed by atoms with E-state index in [1.807, 2.05) is 18.9 Å². The molecule has 0 unspecified atom stereocenters. The van der Waals surface area contributed by atoms with Gasteiger partial charge in [0.1, 0.15) is 5.70 Å². The predicted octanol–water partition coefficient (Wildman–Crippen LogP) is 2.19. The molecule has 0 amide bonds. The molecule has 0 fully saturated rings. The summed E-state index contributed by atoms with van der Waals surface area (Å²) in [6.45, 7) is 4.00. The van der Waals surface area contributed by atoms with E-state index in [9.17, 15) is 9.59 Å². The van der Waals surface area contributed by atoms with Crippen LogP contribution in [-0.4, -0.2) is 23.5 Å². The normalized spacial score (nSPS) is 12.9. The minimum Gasteiger partial charge on any atom is -0.462 e. The Labute approximate surface area is 111 Å². The zero-order chi connectivity index (χ0) is 13.8. The minimum atomic E-state index is -0.429. The molecule has 1 aromatic rings. The number of ether oxygens (including phenoxy) is 1. The van der Waals surface area contributed by atoms with Crippen molar-refractivity contribution >= 4 is 23.7 Å². The Balaban J connectivity index is 2.41. The maximum Gasteiger partial charge on any atom is 0.339 e. The lowest BCUT2D eigenvalue weighted by Gasteiger charge is -2.18. The second-order valence-corrected chi connectivity index (χ2v) is 4.00. The van der Waals surface area contributed by atoms with Crippen LogP contribution in [0.25, 0.3) is 6.08 Å². The SMILES string of the molecule is CCOC(=O)c1cnc2c(c1)NC(=C=O)C(CC)=C2. The molecule has 2 heterocycles. The number of rotatable bonds is 3. The van der Waals surface area contributed by atoms with Crippen LogP contribution in [0.15, 0.2) is 23.5 Å². The molecule has 0 aliphatic carbocycles.